The summed E-state index contributed by atoms with van der Waals surface area (Å²) >= 11 is 0. The first-order chi connectivity index (χ1) is 10.1. The first-order valence-electron chi connectivity index (χ1n) is 6.91. The van der Waals surface area contributed by atoms with Crippen molar-refractivity contribution in [3.8, 4) is 0 Å². The summed E-state index contributed by atoms with van der Waals surface area (Å²) in [6, 6.07) is 12.4. The van der Waals surface area contributed by atoms with Crippen LogP contribution in [0.15, 0.2) is 42.5 Å². The van der Waals surface area contributed by atoms with E-state index in [1.54, 1.807) is 10.7 Å². The number of aromatic nitrogens is 2. The van der Waals surface area contributed by atoms with Crippen molar-refractivity contribution in [2.45, 2.75) is 19.4 Å². The maximum Gasteiger partial charge on any atom is 0.123 e. The van der Waals surface area contributed by atoms with Crippen LogP contribution in [0.3, 0.4) is 0 Å². The molecule has 3 rings (SSSR count). The largest absolute Gasteiger partial charge is 0.386 e. The molecule has 0 aliphatic carbocycles. The highest BCUT2D eigenvalue weighted by Crippen LogP contribution is 2.26. The van der Waals surface area contributed by atoms with Crippen LogP contribution in [-0.4, -0.2) is 14.9 Å². The highest BCUT2D eigenvalue weighted by atomic mass is 19.1. The van der Waals surface area contributed by atoms with Crippen LogP contribution in [0, 0.1) is 12.7 Å². The highest BCUT2D eigenvalue weighted by molar-refractivity contribution is 5.82. The smallest absolute Gasteiger partial charge is 0.123 e. The van der Waals surface area contributed by atoms with Crippen molar-refractivity contribution in [1.29, 1.82) is 0 Å². The van der Waals surface area contributed by atoms with Gasteiger partial charge in [0.05, 0.1) is 11.2 Å². The van der Waals surface area contributed by atoms with Gasteiger partial charge in [0.2, 0.25) is 0 Å². The van der Waals surface area contributed by atoms with E-state index in [0.29, 0.717) is 12.1 Å². The Kier molecular flexibility index (Phi) is 3.47. The summed E-state index contributed by atoms with van der Waals surface area (Å²) in [5, 5.41) is 15.9. The zero-order valence-corrected chi connectivity index (χ0v) is 12.0. The molecule has 1 N–H and O–H groups in total. The van der Waals surface area contributed by atoms with E-state index < -0.39 is 6.10 Å². The third kappa shape index (κ3) is 2.54. The number of hydrogen-bond acceptors (Lipinski definition) is 2. The van der Waals surface area contributed by atoms with Crippen molar-refractivity contribution in [2.24, 2.45) is 7.05 Å². The van der Waals surface area contributed by atoms with E-state index in [1.165, 1.54) is 12.1 Å². The van der Waals surface area contributed by atoms with Crippen molar-refractivity contribution in [3.63, 3.8) is 0 Å². The Bertz CT molecular complexity index is 795. The summed E-state index contributed by atoms with van der Waals surface area (Å²) in [6.07, 6.45) is -0.284. The van der Waals surface area contributed by atoms with Crippen LogP contribution in [0.2, 0.25) is 0 Å². The van der Waals surface area contributed by atoms with Gasteiger partial charge < -0.3 is 5.11 Å². The molecule has 1 unspecified atom stereocenters. The molecule has 21 heavy (non-hydrogen) atoms. The fourth-order valence-corrected chi connectivity index (χ4v) is 2.68. The Hall–Kier alpha value is -2.20. The fourth-order valence-electron chi connectivity index (χ4n) is 2.68. The van der Waals surface area contributed by atoms with Crippen LogP contribution in [0.5, 0.6) is 0 Å². The Balaban J connectivity index is 1.95. The molecule has 0 amide bonds. The van der Waals surface area contributed by atoms with Gasteiger partial charge in [-0.05, 0) is 36.2 Å². The van der Waals surface area contributed by atoms with Crippen LogP contribution in [0.25, 0.3) is 10.9 Å². The summed E-state index contributed by atoms with van der Waals surface area (Å²) in [5.74, 6) is -0.256. The van der Waals surface area contributed by atoms with Crippen molar-refractivity contribution in [1.82, 2.24) is 9.78 Å². The molecule has 1 aromatic heterocycles. The number of halogens is 1. The second-order valence-electron chi connectivity index (χ2n) is 5.32. The molecule has 0 fully saturated rings. The van der Waals surface area contributed by atoms with Gasteiger partial charge in [0, 0.05) is 18.9 Å². The number of benzene rings is 2. The Labute approximate surface area is 122 Å². The molecule has 2 aromatic carbocycles. The number of aryl methyl sites for hydroxylation is 2. The van der Waals surface area contributed by atoms with Gasteiger partial charge in [0.25, 0.3) is 0 Å². The van der Waals surface area contributed by atoms with E-state index >= 15 is 0 Å². The molecular weight excluding hydrogens is 267 g/mol. The predicted octanol–water partition coefficient (Wildman–Crippen LogP) is 3.30. The van der Waals surface area contributed by atoms with Gasteiger partial charge in [-0.25, -0.2) is 4.39 Å². The second-order valence-corrected chi connectivity index (χ2v) is 5.32. The zero-order valence-electron chi connectivity index (χ0n) is 12.0. The van der Waals surface area contributed by atoms with Crippen LogP contribution in [0.1, 0.15) is 22.9 Å². The number of fused-ring (bicyclic) bond motifs is 1. The number of aliphatic hydroxyl groups is 1. The van der Waals surface area contributed by atoms with Crippen LogP contribution in [-0.2, 0) is 13.5 Å². The van der Waals surface area contributed by atoms with Gasteiger partial charge in [-0.1, -0.05) is 24.3 Å². The minimum atomic E-state index is -0.708. The third-order valence-corrected chi connectivity index (χ3v) is 3.82. The minimum absolute atomic E-state index is 0.256. The highest BCUT2D eigenvalue weighted by Gasteiger charge is 2.17. The van der Waals surface area contributed by atoms with Crippen molar-refractivity contribution in [2.75, 3.05) is 0 Å². The summed E-state index contributed by atoms with van der Waals surface area (Å²) in [5.41, 5.74) is 3.42. The maximum absolute atomic E-state index is 13.1. The van der Waals surface area contributed by atoms with Crippen molar-refractivity contribution >= 4 is 10.9 Å². The van der Waals surface area contributed by atoms with E-state index in [2.05, 4.69) is 5.10 Å². The monoisotopic (exact) mass is 284 g/mol. The van der Waals surface area contributed by atoms with Crippen LogP contribution < -0.4 is 0 Å². The number of nitrogens with zero attached hydrogens (tertiary/aromatic N) is 2. The number of hydrogen-bond donors (Lipinski definition) is 1. The van der Waals surface area contributed by atoms with Gasteiger partial charge in [-0.15, -0.1) is 0 Å². The number of para-hydroxylation sites is 1. The van der Waals surface area contributed by atoms with Gasteiger partial charge in [0.15, 0.2) is 0 Å². The van der Waals surface area contributed by atoms with E-state index in [-0.39, 0.29) is 5.82 Å². The molecule has 0 spiro atoms. The molecule has 3 aromatic rings. The van der Waals surface area contributed by atoms with Crippen LogP contribution >= 0.6 is 0 Å². The molecule has 108 valence electrons. The average Bonchev–Trinajstić information content (AvgIpc) is 2.80. The Morgan fingerprint density at radius 2 is 2.00 bits per heavy atom. The molecular formula is C17H17FN2O. The fraction of sp³-hybridized carbons (Fsp3) is 0.235. The van der Waals surface area contributed by atoms with Gasteiger partial charge >= 0.3 is 0 Å². The van der Waals surface area contributed by atoms with E-state index in [4.69, 9.17) is 0 Å². The van der Waals surface area contributed by atoms with Crippen molar-refractivity contribution < 1.29 is 9.50 Å². The second kappa shape index (κ2) is 5.30. The molecule has 4 heteroatoms. The molecule has 0 aliphatic heterocycles. The molecule has 0 aliphatic rings. The van der Waals surface area contributed by atoms with E-state index in [9.17, 15) is 9.50 Å². The van der Waals surface area contributed by atoms with Gasteiger partial charge in [-0.2, -0.15) is 5.10 Å². The number of rotatable bonds is 3. The maximum atomic E-state index is 13.1. The predicted molar refractivity (Wildman–Crippen MR) is 80.5 cm³/mol. The first kappa shape index (κ1) is 13.8. The molecule has 0 radical (unpaired) electrons. The lowest BCUT2D eigenvalue weighted by molar-refractivity contribution is 0.174. The SMILES string of the molecule is Cc1cc(F)ccc1CC(O)c1nn(C)c2ccccc12. The lowest BCUT2D eigenvalue weighted by Gasteiger charge is -2.11. The lowest BCUT2D eigenvalue weighted by atomic mass is 9.99. The van der Waals surface area contributed by atoms with Gasteiger partial charge in [0.1, 0.15) is 11.9 Å². The van der Waals surface area contributed by atoms with Crippen molar-refractivity contribution in [3.05, 3.63) is 65.1 Å². The molecule has 1 heterocycles. The molecule has 0 saturated heterocycles. The summed E-state index contributed by atoms with van der Waals surface area (Å²) in [7, 11) is 1.86. The van der Waals surface area contributed by atoms with E-state index in [0.717, 1.165) is 22.0 Å². The Morgan fingerprint density at radius 1 is 1.24 bits per heavy atom. The standard InChI is InChI=1S/C17H17FN2O/c1-11-9-13(18)8-7-12(11)10-16(21)17-14-5-3-4-6-15(14)20(2)19-17/h3-9,16,21H,10H2,1-2H3. The number of aliphatic hydroxyl groups excluding tert-OH is 1. The summed E-state index contributed by atoms with van der Waals surface area (Å²) in [4.78, 5) is 0. The Morgan fingerprint density at radius 3 is 2.76 bits per heavy atom. The summed E-state index contributed by atoms with van der Waals surface area (Å²) < 4.78 is 14.9. The molecule has 3 nitrogen and oxygen atoms in total. The average molecular weight is 284 g/mol. The van der Waals surface area contributed by atoms with Gasteiger partial charge in [-0.3, -0.25) is 4.68 Å². The van der Waals surface area contributed by atoms with E-state index in [1.807, 2.05) is 38.2 Å². The zero-order chi connectivity index (χ0) is 15.0. The third-order valence-electron chi connectivity index (χ3n) is 3.82. The lowest BCUT2D eigenvalue weighted by Crippen LogP contribution is -2.05. The normalized spacial score (nSPS) is 12.8. The quantitative estimate of drug-likeness (QED) is 0.801. The van der Waals surface area contributed by atoms with Crippen LogP contribution in [0.4, 0.5) is 4.39 Å². The topological polar surface area (TPSA) is 38.1 Å². The molecule has 1 atom stereocenters. The molecule has 0 bridgehead atoms. The molecule has 0 saturated carbocycles. The minimum Gasteiger partial charge on any atom is -0.386 e. The summed E-state index contributed by atoms with van der Waals surface area (Å²) in [6.45, 7) is 1.85. The first-order valence-corrected chi connectivity index (χ1v) is 6.91.